The van der Waals surface area contributed by atoms with Crippen LogP contribution in [0.25, 0.3) is 0 Å². The van der Waals surface area contributed by atoms with Crippen LogP contribution in [0.1, 0.15) is 59.3 Å². The molecular formula is C16H32N2O. The SMILES string of the molecule is CCCC1CNC(CC)(CC)CN1CC1CCCO1. The van der Waals surface area contributed by atoms with Crippen molar-refractivity contribution in [1.82, 2.24) is 10.2 Å². The molecule has 0 aromatic carbocycles. The van der Waals surface area contributed by atoms with Crippen molar-refractivity contribution in [2.45, 2.75) is 77.0 Å². The molecule has 2 saturated heterocycles. The Morgan fingerprint density at radius 3 is 2.63 bits per heavy atom. The average molecular weight is 268 g/mol. The first kappa shape index (κ1) is 15.3. The van der Waals surface area contributed by atoms with Crippen molar-refractivity contribution in [2.24, 2.45) is 0 Å². The van der Waals surface area contributed by atoms with Gasteiger partial charge in [-0.15, -0.1) is 0 Å². The fourth-order valence-corrected chi connectivity index (χ4v) is 3.64. The fraction of sp³-hybridized carbons (Fsp3) is 1.00. The highest BCUT2D eigenvalue weighted by atomic mass is 16.5. The van der Waals surface area contributed by atoms with Crippen LogP contribution in [0.15, 0.2) is 0 Å². The highest BCUT2D eigenvalue weighted by Gasteiger charge is 2.37. The number of rotatable bonds is 6. The minimum Gasteiger partial charge on any atom is -0.377 e. The van der Waals surface area contributed by atoms with E-state index in [1.54, 1.807) is 0 Å². The Balaban J connectivity index is 1.98. The Bertz CT molecular complexity index is 259. The van der Waals surface area contributed by atoms with Crippen LogP contribution in [0.5, 0.6) is 0 Å². The standard InChI is InChI=1S/C16H32N2O/c1-4-8-14-11-17-16(5-2,6-3)13-18(14)12-15-9-7-10-19-15/h14-15,17H,4-13H2,1-3H3. The Morgan fingerprint density at radius 2 is 2.05 bits per heavy atom. The molecule has 0 spiro atoms. The van der Waals surface area contributed by atoms with Gasteiger partial charge in [-0.1, -0.05) is 27.2 Å². The lowest BCUT2D eigenvalue weighted by atomic mass is 9.87. The average Bonchev–Trinajstić information content (AvgIpc) is 2.94. The van der Waals surface area contributed by atoms with Gasteiger partial charge in [-0.05, 0) is 32.1 Å². The predicted molar refractivity (Wildman–Crippen MR) is 80.6 cm³/mol. The zero-order valence-corrected chi connectivity index (χ0v) is 13.1. The summed E-state index contributed by atoms with van der Waals surface area (Å²) in [5.41, 5.74) is 0.336. The molecule has 112 valence electrons. The molecule has 0 aliphatic carbocycles. The molecule has 1 N–H and O–H groups in total. The van der Waals surface area contributed by atoms with Gasteiger partial charge in [-0.2, -0.15) is 0 Å². The number of nitrogens with one attached hydrogen (secondary N) is 1. The summed E-state index contributed by atoms with van der Waals surface area (Å²) >= 11 is 0. The van der Waals surface area contributed by atoms with Crippen LogP contribution in [-0.4, -0.2) is 48.8 Å². The lowest BCUT2D eigenvalue weighted by molar-refractivity contribution is 0.0145. The van der Waals surface area contributed by atoms with Gasteiger partial charge in [0, 0.05) is 37.8 Å². The molecule has 2 fully saturated rings. The number of nitrogens with zero attached hydrogens (tertiary/aromatic N) is 1. The molecule has 19 heavy (non-hydrogen) atoms. The van der Waals surface area contributed by atoms with Gasteiger partial charge >= 0.3 is 0 Å². The Kier molecular flexibility index (Phi) is 5.67. The molecule has 2 rings (SSSR count). The van der Waals surface area contributed by atoms with Gasteiger partial charge in [0.15, 0.2) is 0 Å². The van der Waals surface area contributed by atoms with Crippen LogP contribution >= 0.6 is 0 Å². The zero-order chi connectivity index (χ0) is 13.7. The third-order valence-electron chi connectivity index (χ3n) is 5.17. The minimum absolute atomic E-state index is 0.336. The maximum atomic E-state index is 5.86. The fourth-order valence-electron chi connectivity index (χ4n) is 3.64. The monoisotopic (exact) mass is 268 g/mol. The summed E-state index contributed by atoms with van der Waals surface area (Å²) in [6.07, 6.45) is 8.04. The largest absolute Gasteiger partial charge is 0.377 e. The summed E-state index contributed by atoms with van der Waals surface area (Å²) < 4.78 is 5.86. The summed E-state index contributed by atoms with van der Waals surface area (Å²) in [5.74, 6) is 0. The zero-order valence-electron chi connectivity index (χ0n) is 13.1. The molecule has 0 bridgehead atoms. The second-order valence-electron chi connectivity index (χ2n) is 6.38. The van der Waals surface area contributed by atoms with Gasteiger partial charge in [0.25, 0.3) is 0 Å². The summed E-state index contributed by atoms with van der Waals surface area (Å²) in [6, 6.07) is 0.709. The first-order valence-corrected chi connectivity index (χ1v) is 8.33. The van der Waals surface area contributed by atoms with Crippen LogP contribution in [0.4, 0.5) is 0 Å². The van der Waals surface area contributed by atoms with Crippen LogP contribution in [0, 0.1) is 0 Å². The predicted octanol–water partition coefficient (Wildman–Crippen LogP) is 2.80. The van der Waals surface area contributed by atoms with E-state index in [1.807, 2.05) is 0 Å². The molecule has 0 saturated carbocycles. The van der Waals surface area contributed by atoms with Crippen LogP contribution in [-0.2, 0) is 4.74 Å². The Labute approximate surface area is 119 Å². The van der Waals surface area contributed by atoms with Crippen molar-refractivity contribution >= 4 is 0 Å². The summed E-state index contributed by atoms with van der Waals surface area (Å²) in [6.45, 7) is 11.4. The molecule has 0 amide bonds. The van der Waals surface area contributed by atoms with Crippen LogP contribution < -0.4 is 5.32 Å². The first-order valence-electron chi connectivity index (χ1n) is 8.33. The maximum Gasteiger partial charge on any atom is 0.0702 e. The van der Waals surface area contributed by atoms with Crippen molar-refractivity contribution in [3.8, 4) is 0 Å². The molecule has 2 atom stereocenters. The second kappa shape index (κ2) is 7.05. The number of piperazine rings is 1. The summed E-state index contributed by atoms with van der Waals surface area (Å²) in [7, 11) is 0. The van der Waals surface area contributed by atoms with Crippen LogP contribution in [0.2, 0.25) is 0 Å². The molecule has 2 unspecified atom stereocenters. The molecule has 2 aliphatic heterocycles. The lowest BCUT2D eigenvalue weighted by Crippen LogP contribution is -2.64. The number of ether oxygens (including phenoxy) is 1. The third kappa shape index (κ3) is 3.71. The molecule has 0 radical (unpaired) electrons. The number of hydrogen-bond acceptors (Lipinski definition) is 3. The van der Waals surface area contributed by atoms with Crippen molar-refractivity contribution in [3.05, 3.63) is 0 Å². The molecule has 0 aromatic heterocycles. The molecule has 2 heterocycles. The molecule has 0 aromatic rings. The van der Waals surface area contributed by atoms with E-state index < -0.39 is 0 Å². The van der Waals surface area contributed by atoms with E-state index in [0.717, 1.165) is 19.7 Å². The third-order valence-corrected chi connectivity index (χ3v) is 5.17. The maximum absolute atomic E-state index is 5.86. The minimum atomic E-state index is 0.336. The van der Waals surface area contributed by atoms with Gasteiger partial charge < -0.3 is 10.1 Å². The Morgan fingerprint density at radius 1 is 1.26 bits per heavy atom. The van der Waals surface area contributed by atoms with Crippen molar-refractivity contribution < 1.29 is 4.74 Å². The second-order valence-corrected chi connectivity index (χ2v) is 6.38. The Hall–Kier alpha value is -0.120. The summed E-state index contributed by atoms with van der Waals surface area (Å²) in [5, 5.41) is 3.84. The normalized spacial score (nSPS) is 31.7. The highest BCUT2D eigenvalue weighted by molar-refractivity contribution is 4.97. The van der Waals surface area contributed by atoms with Gasteiger partial charge in [-0.25, -0.2) is 0 Å². The van der Waals surface area contributed by atoms with E-state index in [2.05, 4.69) is 31.0 Å². The smallest absolute Gasteiger partial charge is 0.0702 e. The quantitative estimate of drug-likeness (QED) is 0.801. The van der Waals surface area contributed by atoms with Gasteiger partial charge in [0.05, 0.1) is 6.10 Å². The van der Waals surface area contributed by atoms with Crippen LogP contribution in [0.3, 0.4) is 0 Å². The number of hydrogen-bond donors (Lipinski definition) is 1. The molecule has 3 nitrogen and oxygen atoms in total. The highest BCUT2D eigenvalue weighted by Crippen LogP contribution is 2.26. The van der Waals surface area contributed by atoms with E-state index in [4.69, 9.17) is 4.74 Å². The van der Waals surface area contributed by atoms with Crippen molar-refractivity contribution in [3.63, 3.8) is 0 Å². The first-order chi connectivity index (χ1) is 9.23. The van der Waals surface area contributed by atoms with Gasteiger partial charge in [-0.3, -0.25) is 4.90 Å². The van der Waals surface area contributed by atoms with Crippen molar-refractivity contribution in [2.75, 3.05) is 26.2 Å². The van der Waals surface area contributed by atoms with Gasteiger partial charge in [0.2, 0.25) is 0 Å². The van der Waals surface area contributed by atoms with Gasteiger partial charge in [0.1, 0.15) is 0 Å². The van der Waals surface area contributed by atoms with E-state index in [-0.39, 0.29) is 0 Å². The van der Waals surface area contributed by atoms with E-state index in [1.165, 1.54) is 45.1 Å². The van der Waals surface area contributed by atoms with E-state index in [0.29, 0.717) is 17.7 Å². The topological polar surface area (TPSA) is 24.5 Å². The van der Waals surface area contributed by atoms with Crippen molar-refractivity contribution in [1.29, 1.82) is 0 Å². The molecule has 3 heteroatoms. The molecule has 2 aliphatic rings. The van der Waals surface area contributed by atoms with E-state index >= 15 is 0 Å². The lowest BCUT2D eigenvalue weighted by Gasteiger charge is -2.48. The van der Waals surface area contributed by atoms with E-state index in [9.17, 15) is 0 Å². The molecular weight excluding hydrogens is 236 g/mol. The summed E-state index contributed by atoms with van der Waals surface area (Å²) in [4.78, 5) is 2.73.